The molecular formula is C16H19F2N5O3S. The number of hydrogen-bond acceptors (Lipinski definition) is 6. The molecule has 11 heteroatoms. The molecule has 0 aliphatic rings. The van der Waals surface area contributed by atoms with Gasteiger partial charge in [0.1, 0.15) is 11.6 Å². The molecule has 2 amide bonds. The van der Waals surface area contributed by atoms with Gasteiger partial charge in [0.05, 0.1) is 10.9 Å². The van der Waals surface area contributed by atoms with Crippen molar-refractivity contribution in [3.63, 3.8) is 0 Å². The van der Waals surface area contributed by atoms with Crippen LogP contribution in [-0.4, -0.2) is 38.4 Å². The number of nitrogens with one attached hydrogen (secondary N) is 1. The molecule has 0 aliphatic carbocycles. The van der Waals surface area contributed by atoms with Crippen molar-refractivity contribution in [2.45, 2.75) is 36.8 Å². The van der Waals surface area contributed by atoms with E-state index in [0.717, 1.165) is 11.8 Å². The van der Waals surface area contributed by atoms with E-state index in [9.17, 15) is 18.4 Å². The molecule has 0 spiro atoms. The zero-order valence-electron chi connectivity index (χ0n) is 14.7. The average Bonchev–Trinajstić information content (AvgIpc) is 2.94. The Morgan fingerprint density at radius 3 is 2.70 bits per heavy atom. The number of thioether (sulfide) groups is 1. The summed E-state index contributed by atoms with van der Waals surface area (Å²) in [5.41, 5.74) is 5.27. The summed E-state index contributed by atoms with van der Waals surface area (Å²) in [5, 5.41) is 10.4. The molecule has 1 heterocycles. The fraction of sp³-hybridized carbons (Fsp3) is 0.375. The third-order valence-electron chi connectivity index (χ3n) is 3.53. The smallest absolute Gasteiger partial charge is 0.387 e. The fourth-order valence-corrected chi connectivity index (χ4v) is 2.95. The molecule has 0 saturated heterocycles. The monoisotopic (exact) mass is 399 g/mol. The molecule has 146 valence electrons. The van der Waals surface area contributed by atoms with Crippen LogP contribution in [0.1, 0.15) is 19.2 Å². The van der Waals surface area contributed by atoms with Crippen LogP contribution in [0.25, 0.3) is 0 Å². The lowest BCUT2D eigenvalue weighted by molar-refractivity contribution is -0.118. The minimum absolute atomic E-state index is 0.120. The van der Waals surface area contributed by atoms with Crippen molar-refractivity contribution >= 4 is 29.3 Å². The van der Waals surface area contributed by atoms with Crippen molar-refractivity contribution < 1.29 is 23.1 Å². The summed E-state index contributed by atoms with van der Waals surface area (Å²) in [7, 11) is 1.72. The first-order chi connectivity index (χ1) is 12.8. The average molecular weight is 399 g/mol. The van der Waals surface area contributed by atoms with Crippen LogP contribution >= 0.6 is 11.8 Å². The van der Waals surface area contributed by atoms with Gasteiger partial charge in [0.25, 0.3) is 0 Å². The van der Waals surface area contributed by atoms with E-state index in [1.807, 2.05) is 0 Å². The maximum atomic E-state index is 12.5. The number of primary amides is 1. The Hall–Kier alpha value is -2.69. The number of aromatic nitrogens is 3. The summed E-state index contributed by atoms with van der Waals surface area (Å²) in [6.45, 7) is -1.35. The van der Waals surface area contributed by atoms with E-state index in [1.54, 1.807) is 24.6 Å². The van der Waals surface area contributed by atoms with Crippen molar-refractivity contribution in [2.75, 3.05) is 5.32 Å². The molecule has 2 aromatic rings. The highest BCUT2D eigenvalue weighted by molar-refractivity contribution is 8.00. The van der Waals surface area contributed by atoms with Crippen LogP contribution in [0, 0.1) is 0 Å². The second-order valence-corrected chi connectivity index (χ2v) is 6.86. The lowest BCUT2D eigenvalue weighted by Gasteiger charge is -2.14. The number of benzene rings is 1. The van der Waals surface area contributed by atoms with Gasteiger partial charge in [-0.1, -0.05) is 23.9 Å². The normalized spacial score (nSPS) is 12.0. The lowest BCUT2D eigenvalue weighted by Crippen LogP contribution is -2.23. The molecular weight excluding hydrogens is 380 g/mol. The third kappa shape index (κ3) is 5.91. The summed E-state index contributed by atoms with van der Waals surface area (Å²) < 4.78 is 31.0. The summed E-state index contributed by atoms with van der Waals surface area (Å²) in [6.07, 6.45) is 0.492. The highest BCUT2D eigenvalue weighted by Gasteiger charge is 2.20. The van der Waals surface area contributed by atoms with Gasteiger partial charge in [-0.05, 0) is 19.1 Å². The van der Waals surface area contributed by atoms with E-state index in [0.29, 0.717) is 17.4 Å². The molecule has 1 aromatic carbocycles. The van der Waals surface area contributed by atoms with Gasteiger partial charge in [-0.15, -0.1) is 10.2 Å². The number of alkyl halides is 2. The van der Waals surface area contributed by atoms with E-state index in [1.165, 1.54) is 18.2 Å². The maximum absolute atomic E-state index is 12.5. The van der Waals surface area contributed by atoms with Gasteiger partial charge in [-0.25, -0.2) is 0 Å². The fourth-order valence-electron chi connectivity index (χ4n) is 2.12. The second kappa shape index (κ2) is 9.31. The van der Waals surface area contributed by atoms with Crippen LogP contribution in [0.3, 0.4) is 0 Å². The molecule has 0 fully saturated rings. The Labute approximate surface area is 158 Å². The number of para-hydroxylation sites is 2. The first-order valence-electron chi connectivity index (χ1n) is 7.96. The number of carbonyl (C=O) groups is 2. The number of carbonyl (C=O) groups excluding carboxylic acids is 2. The van der Waals surface area contributed by atoms with E-state index in [4.69, 9.17) is 5.73 Å². The Balaban J connectivity index is 2.01. The van der Waals surface area contributed by atoms with Crippen LogP contribution in [0.5, 0.6) is 5.75 Å². The number of rotatable bonds is 9. The lowest BCUT2D eigenvalue weighted by atomic mass is 10.3. The predicted molar refractivity (Wildman–Crippen MR) is 95.5 cm³/mol. The van der Waals surface area contributed by atoms with Gasteiger partial charge in [0.15, 0.2) is 5.16 Å². The number of nitrogens with two attached hydrogens (primary N) is 1. The molecule has 0 bridgehead atoms. The first-order valence-corrected chi connectivity index (χ1v) is 8.83. The molecule has 0 saturated carbocycles. The quantitative estimate of drug-likeness (QED) is 0.624. The summed E-state index contributed by atoms with van der Waals surface area (Å²) >= 11 is 1.14. The standard InChI is InChI=1S/C16H19F2N5O3S/c1-9(27-16-22-21-13(23(16)2)8-7-12(19)24)14(25)20-10-5-3-4-6-11(10)26-15(17)18/h3-6,9,15H,7-8H2,1-2H3,(H2,19,24)(H,20,25)/t9-/m1/s1. The van der Waals surface area contributed by atoms with Gasteiger partial charge in [-0.2, -0.15) is 8.78 Å². The van der Waals surface area contributed by atoms with Gasteiger partial charge in [0.2, 0.25) is 11.8 Å². The number of halogens is 2. The number of aryl methyl sites for hydroxylation is 1. The van der Waals surface area contributed by atoms with Gasteiger partial charge in [0, 0.05) is 19.9 Å². The van der Waals surface area contributed by atoms with Crippen LogP contribution in [0.15, 0.2) is 29.4 Å². The van der Waals surface area contributed by atoms with Crippen molar-refractivity contribution in [1.82, 2.24) is 14.8 Å². The number of hydrogen-bond donors (Lipinski definition) is 2. The number of amides is 2. The molecule has 0 aliphatic heterocycles. The molecule has 27 heavy (non-hydrogen) atoms. The Bertz CT molecular complexity index is 815. The highest BCUT2D eigenvalue weighted by Crippen LogP contribution is 2.28. The highest BCUT2D eigenvalue weighted by atomic mass is 32.2. The molecule has 0 unspecified atom stereocenters. The molecule has 0 radical (unpaired) electrons. The Morgan fingerprint density at radius 2 is 2.04 bits per heavy atom. The van der Waals surface area contributed by atoms with Crippen LogP contribution in [0.4, 0.5) is 14.5 Å². The molecule has 1 atom stereocenters. The summed E-state index contributed by atoms with van der Waals surface area (Å²) in [5.74, 6) is -0.401. The topological polar surface area (TPSA) is 112 Å². The first kappa shape index (κ1) is 20.6. The third-order valence-corrected chi connectivity index (χ3v) is 4.67. The largest absolute Gasteiger partial charge is 0.433 e. The second-order valence-electron chi connectivity index (χ2n) is 5.55. The number of nitrogens with zero attached hydrogens (tertiary/aromatic N) is 3. The van der Waals surface area contributed by atoms with Crippen molar-refractivity contribution in [1.29, 1.82) is 0 Å². The molecule has 1 aromatic heterocycles. The Morgan fingerprint density at radius 1 is 1.33 bits per heavy atom. The minimum atomic E-state index is -2.99. The van der Waals surface area contributed by atoms with Crippen LogP contribution < -0.4 is 15.8 Å². The van der Waals surface area contributed by atoms with Gasteiger partial charge in [-0.3, -0.25) is 9.59 Å². The molecule has 3 N–H and O–H groups in total. The Kier molecular flexibility index (Phi) is 7.11. The number of ether oxygens (including phenoxy) is 1. The zero-order chi connectivity index (χ0) is 20.0. The van der Waals surface area contributed by atoms with Gasteiger partial charge < -0.3 is 20.4 Å². The summed E-state index contributed by atoms with van der Waals surface area (Å²) in [4.78, 5) is 23.3. The molecule has 2 rings (SSSR count). The van der Waals surface area contributed by atoms with E-state index in [2.05, 4.69) is 20.3 Å². The predicted octanol–water partition coefficient (Wildman–Crippen LogP) is 1.95. The molecule has 8 nitrogen and oxygen atoms in total. The summed E-state index contributed by atoms with van der Waals surface area (Å²) in [6, 6.07) is 5.93. The zero-order valence-corrected chi connectivity index (χ0v) is 15.5. The van der Waals surface area contributed by atoms with E-state index >= 15 is 0 Å². The van der Waals surface area contributed by atoms with E-state index in [-0.39, 0.29) is 17.9 Å². The maximum Gasteiger partial charge on any atom is 0.387 e. The van der Waals surface area contributed by atoms with Crippen LogP contribution in [-0.2, 0) is 23.1 Å². The SMILES string of the molecule is C[C@@H](Sc1nnc(CCC(N)=O)n1C)C(=O)Nc1ccccc1OC(F)F. The van der Waals surface area contributed by atoms with Gasteiger partial charge >= 0.3 is 6.61 Å². The number of anilines is 1. The van der Waals surface area contributed by atoms with Crippen molar-refractivity contribution in [3.05, 3.63) is 30.1 Å². The van der Waals surface area contributed by atoms with Crippen molar-refractivity contribution in [3.8, 4) is 5.75 Å². The van der Waals surface area contributed by atoms with E-state index < -0.39 is 23.7 Å². The van der Waals surface area contributed by atoms with Crippen molar-refractivity contribution in [2.24, 2.45) is 12.8 Å². The minimum Gasteiger partial charge on any atom is -0.433 e. The van der Waals surface area contributed by atoms with Crippen LogP contribution in [0.2, 0.25) is 0 Å².